The molecule has 1 aromatic heterocycles. The summed E-state index contributed by atoms with van der Waals surface area (Å²) in [5.74, 6) is -1.84. The van der Waals surface area contributed by atoms with Crippen molar-refractivity contribution in [1.82, 2.24) is 10.3 Å². The Labute approximate surface area is 236 Å². The van der Waals surface area contributed by atoms with E-state index in [1.54, 1.807) is 17.5 Å². The number of amides is 2. The lowest BCUT2D eigenvalue weighted by atomic mass is 9.81. The largest absolute Gasteiger partial charge is 0.478 e. The zero-order chi connectivity index (χ0) is 28.9. The average molecular weight is 553 g/mol. The topological polar surface area (TPSA) is 132 Å². The first-order valence-electron chi connectivity index (χ1n) is 12.6. The fraction of sp³-hybridized carbons (Fsp3) is 0.194. The summed E-state index contributed by atoms with van der Waals surface area (Å²) in [6, 6.07) is 21.2. The number of rotatable bonds is 9. The summed E-state index contributed by atoms with van der Waals surface area (Å²) in [7, 11) is 0. The number of benzene rings is 3. The standard InChI is InChI=1S/C31H28N4O4S/c1-4-31(2,3)25-10-6-9-22(15-25)28(37)33-17-27(36)35-30-34-26(18-40-30)21-8-5-7-20(13-21)23-11-19(16-32)12-24(14-23)29(38)39/h5-15,18H,4,17H2,1-3H3,(H,33,37)(H,38,39)(H,34,35,36). The average Bonchev–Trinajstić information content (AvgIpc) is 3.44. The number of carboxylic acid groups (broad SMARTS) is 1. The molecule has 8 nitrogen and oxygen atoms in total. The predicted octanol–water partition coefficient (Wildman–Crippen LogP) is 6.10. The third-order valence-electron chi connectivity index (χ3n) is 6.75. The summed E-state index contributed by atoms with van der Waals surface area (Å²) in [5, 5.41) is 26.2. The maximum atomic E-state index is 12.7. The van der Waals surface area contributed by atoms with Crippen molar-refractivity contribution in [2.45, 2.75) is 32.6 Å². The molecule has 0 aliphatic carbocycles. The van der Waals surface area contributed by atoms with Crippen LogP contribution in [0.1, 0.15) is 59.0 Å². The molecule has 9 heteroatoms. The highest BCUT2D eigenvalue weighted by atomic mass is 32.1. The number of carbonyl (C=O) groups is 3. The number of anilines is 1. The summed E-state index contributed by atoms with van der Waals surface area (Å²) in [6.45, 7) is 6.14. The quantitative estimate of drug-likeness (QED) is 0.230. The lowest BCUT2D eigenvalue weighted by Gasteiger charge is -2.23. The molecule has 0 aliphatic heterocycles. The van der Waals surface area contributed by atoms with Crippen molar-refractivity contribution in [3.63, 3.8) is 0 Å². The monoisotopic (exact) mass is 552 g/mol. The molecule has 0 bridgehead atoms. The van der Waals surface area contributed by atoms with Crippen molar-refractivity contribution in [3.05, 3.63) is 94.4 Å². The molecule has 2 amide bonds. The zero-order valence-corrected chi connectivity index (χ0v) is 23.1. The summed E-state index contributed by atoms with van der Waals surface area (Å²) in [6.07, 6.45) is 0.931. The van der Waals surface area contributed by atoms with Crippen LogP contribution in [0.3, 0.4) is 0 Å². The van der Waals surface area contributed by atoms with Gasteiger partial charge in [-0.05, 0) is 64.9 Å². The van der Waals surface area contributed by atoms with Crippen molar-refractivity contribution < 1.29 is 19.5 Å². The van der Waals surface area contributed by atoms with Crippen molar-refractivity contribution in [2.24, 2.45) is 0 Å². The molecule has 0 saturated carbocycles. The summed E-state index contributed by atoms with van der Waals surface area (Å²) in [4.78, 5) is 41.1. The number of thiazole rings is 1. The Morgan fingerprint density at radius 2 is 1.73 bits per heavy atom. The summed E-state index contributed by atoms with van der Waals surface area (Å²) < 4.78 is 0. The van der Waals surface area contributed by atoms with E-state index in [9.17, 15) is 24.8 Å². The summed E-state index contributed by atoms with van der Waals surface area (Å²) >= 11 is 1.25. The van der Waals surface area contributed by atoms with Crippen LogP contribution in [0.25, 0.3) is 22.4 Å². The van der Waals surface area contributed by atoms with E-state index in [1.807, 2.05) is 48.5 Å². The van der Waals surface area contributed by atoms with Gasteiger partial charge in [0.2, 0.25) is 5.91 Å². The van der Waals surface area contributed by atoms with Crippen molar-refractivity contribution in [2.75, 3.05) is 11.9 Å². The number of hydrogen-bond donors (Lipinski definition) is 3. The molecular formula is C31H28N4O4S. The van der Waals surface area contributed by atoms with E-state index in [0.29, 0.717) is 22.0 Å². The Kier molecular flexibility index (Phi) is 8.41. The fourth-order valence-corrected chi connectivity index (χ4v) is 4.75. The minimum atomic E-state index is -1.11. The lowest BCUT2D eigenvalue weighted by Crippen LogP contribution is -2.33. The zero-order valence-electron chi connectivity index (χ0n) is 22.3. The van der Waals surface area contributed by atoms with E-state index in [-0.39, 0.29) is 29.0 Å². The molecule has 40 heavy (non-hydrogen) atoms. The second-order valence-corrected chi connectivity index (χ2v) is 10.7. The number of aromatic carboxylic acids is 1. The molecule has 0 atom stereocenters. The van der Waals surface area contributed by atoms with E-state index >= 15 is 0 Å². The first-order valence-corrected chi connectivity index (χ1v) is 13.5. The van der Waals surface area contributed by atoms with E-state index in [2.05, 4.69) is 36.4 Å². The van der Waals surface area contributed by atoms with E-state index in [1.165, 1.54) is 23.5 Å². The van der Waals surface area contributed by atoms with Crippen LogP contribution >= 0.6 is 11.3 Å². The molecule has 0 aliphatic rings. The van der Waals surface area contributed by atoms with E-state index in [4.69, 9.17) is 0 Å². The molecule has 0 unspecified atom stereocenters. The maximum Gasteiger partial charge on any atom is 0.335 e. The van der Waals surface area contributed by atoms with Gasteiger partial charge in [0.15, 0.2) is 5.13 Å². The van der Waals surface area contributed by atoms with Gasteiger partial charge in [-0.25, -0.2) is 9.78 Å². The van der Waals surface area contributed by atoms with Crippen LogP contribution in [0, 0.1) is 11.3 Å². The first kappa shape index (κ1) is 28.2. The van der Waals surface area contributed by atoms with Crippen LogP contribution < -0.4 is 10.6 Å². The number of carboxylic acids is 1. The Morgan fingerprint density at radius 1 is 0.975 bits per heavy atom. The molecule has 1 heterocycles. The number of hydrogen-bond acceptors (Lipinski definition) is 6. The molecule has 0 radical (unpaired) electrons. The third kappa shape index (κ3) is 6.60. The van der Waals surface area contributed by atoms with E-state index < -0.39 is 11.9 Å². The van der Waals surface area contributed by atoms with Gasteiger partial charge in [0.05, 0.1) is 29.4 Å². The highest BCUT2D eigenvalue weighted by Gasteiger charge is 2.19. The molecule has 3 aromatic carbocycles. The van der Waals surface area contributed by atoms with Gasteiger partial charge >= 0.3 is 5.97 Å². The number of aromatic nitrogens is 1. The van der Waals surface area contributed by atoms with Crippen LogP contribution in [0.2, 0.25) is 0 Å². The van der Waals surface area contributed by atoms with Crippen molar-refractivity contribution in [3.8, 4) is 28.5 Å². The predicted molar refractivity (Wildman–Crippen MR) is 155 cm³/mol. The number of carbonyl (C=O) groups excluding carboxylic acids is 2. The number of nitrogens with one attached hydrogen (secondary N) is 2. The van der Waals surface area contributed by atoms with Crippen LogP contribution in [0.4, 0.5) is 5.13 Å². The van der Waals surface area contributed by atoms with Gasteiger partial charge < -0.3 is 15.7 Å². The highest BCUT2D eigenvalue weighted by molar-refractivity contribution is 7.14. The molecule has 4 aromatic rings. The number of nitrogens with zero attached hydrogens (tertiary/aromatic N) is 2. The van der Waals surface area contributed by atoms with Gasteiger partial charge in [-0.3, -0.25) is 9.59 Å². The van der Waals surface area contributed by atoms with Gasteiger partial charge in [-0.15, -0.1) is 11.3 Å². The smallest absolute Gasteiger partial charge is 0.335 e. The van der Waals surface area contributed by atoms with Crippen LogP contribution in [0.5, 0.6) is 0 Å². The Bertz CT molecular complexity index is 1630. The second kappa shape index (κ2) is 11.9. The van der Waals surface area contributed by atoms with Crippen LogP contribution in [-0.2, 0) is 10.2 Å². The normalized spacial score (nSPS) is 10.9. The lowest BCUT2D eigenvalue weighted by molar-refractivity contribution is -0.115. The minimum Gasteiger partial charge on any atom is -0.478 e. The maximum absolute atomic E-state index is 12.7. The second-order valence-electron chi connectivity index (χ2n) is 9.88. The first-order chi connectivity index (χ1) is 19.1. The molecule has 0 fully saturated rings. The number of nitriles is 1. The van der Waals surface area contributed by atoms with Gasteiger partial charge in [0.1, 0.15) is 0 Å². The van der Waals surface area contributed by atoms with Crippen LogP contribution in [-0.4, -0.2) is 34.4 Å². The van der Waals surface area contributed by atoms with Gasteiger partial charge in [-0.1, -0.05) is 51.1 Å². The van der Waals surface area contributed by atoms with E-state index in [0.717, 1.165) is 23.1 Å². The third-order valence-corrected chi connectivity index (χ3v) is 7.51. The molecular weight excluding hydrogens is 524 g/mol. The summed E-state index contributed by atoms with van der Waals surface area (Å²) in [5.41, 5.74) is 4.49. The molecule has 0 saturated heterocycles. The van der Waals surface area contributed by atoms with Crippen molar-refractivity contribution >= 4 is 34.3 Å². The van der Waals surface area contributed by atoms with Gasteiger partial charge in [0.25, 0.3) is 5.91 Å². The minimum absolute atomic E-state index is 0.0303. The molecule has 4 rings (SSSR count). The molecule has 3 N–H and O–H groups in total. The Hall–Kier alpha value is -4.81. The fourth-order valence-electron chi connectivity index (χ4n) is 4.02. The molecule has 0 spiro atoms. The SMILES string of the molecule is CCC(C)(C)c1cccc(C(=O)NCC(=O)Nc2nc(-c3cccc(-c4cc(C#N)cc(C(=O)O)c4)c3)cs2)c1. The van der Waals surface area contributed by atoms with Gasteiger partial charge in [-0.2, -0.15) is 5.26 Å². The Morgan fingerprint density at radius 3 is 2.45 bits per heavy atom. The van der Waals surface area contributed by atoms with Crippen LogP contribution in [0.15, 0.2) is 72.1 Å². The molecule has 202 valence electrons. The van der Waals surface area contributed by atoms with Crippen molar-refractivity contribution in [1.29, 1.82) is 5.26 Å². The van der Waals surface area contributed by atoms with Gasteiger partial charge in [0, 0.05) is 16.5 Å². The Balaban J connectivity index is 1.42. The highest BCUT2D eigenvalue weighted by Crippen LogP contribution is 2.30.